The highest BCUT2D eigenvalue weighted by atomic mass is 79.9. The van der Waals surface area contributed by atoms with Crippen molar-refractivity contribution in [3.63, 3.8) is 0 Å². The molecule has 0 aliphatic carbocycles. The van der Waals surface area contributed by atoms with Gasteiger partial charge in [-0.25, -0.2) is 0 Å². The topological polar surface area (TPSA) is 62.0 Å². The molecule has 0 saturated carbocycles. The van der Waals surface area contributed by atoms with Gasteiger partial charge in [0.15, 0.2) is 0 Å². The molecule has 2 N–H and O–H groups in total. The maximum atomic E-state index is 12.8. The number of hydrogen-bond donors (Lipinski definition) is 2. The summed E-state index contributed by atoms with van der Waals surface area (Å²) in [7, 11) is 0. The van der Waals surface area contributed by atoms with E-state index in [4.69, 9.17) is 0 Å². The summed E-state index contributed by atoms with van der Waals surface area (Å²) in [6, 6.07) is 15.2. The lowest BCUT2D eigenvalue weighted by atomic mass is 10.0. The molecular formula is C20H19BrN2O2. The molecule has 2 aromatic carbocycles. The lowest BCUT2D eigenvalue weighted by Gasteiger charge is -2.06. The number of aromatic amines is 1. The number of carbonyl (C=O) groups is 2. The van der Waals surface area contributed by atoms with Crippen LogP contribution in [0.2, 0.25) is 0 Å². The van der Waals surface area contributed by atoms with E-state index in [0.717, 1.165) is 33.8 Å². The highest BCUT2D eigenvalue weighted by molar-refractivity contribution is 9.10. The molecule has 1 aromatic heterocycles. The molecule has 1 amide bonds. The highest BCUT2D eigenvalue weighted by Gasteiger charge is 2.24. The van der Waals surface area contributed by atoms with Crippen molar-refractivity contribution in [1.82, 2.24) is 10.3 Å². The summed E-state index contributed by atoms with van der Waals surface area (Å²) in [4.78, 5) is 28.4. The van der Waals surface area contributed by atoms with Gasteiger partial charge >= 0.3 is 0 Å². The first-order valence-electron chi connectivity index (χ1n) is 8.31. The van der Waals surface area contributed by atoms with Gasteiger partial charge in [-0.3, -0.25) is 9.59 Å². The van der Waals surface area contributed by atoms with Crippen LogP contribution < -0.4 is 5.32 Å². The van der Waals surface area contributed by atoms with Crippen molar-refractivity contribution >= 4 is 38.5 Å². The van der Waals surface area contributed by atoms with E-state index in [9.17, 15) is 9.59 Å². The fourth-order valence-corrected chi connectivity index (χ4v) is 3.05. The van der Waals surface area contributed by atoms with Gasteiger partial charge in [0.2, 0.25) is 0 Å². The van der Waals surface area contributed by atoms with Crippen molar-refractivity contribution in [3.05, 3.63) is 58.6 Å². The molecule has 3 aromatic rings. The monoisotopic (exact) mass is 398 g/mol. The number of nitrogens with one attached hydrogen (secondary N) is 2. The third-order valence-electron chi connectivity index (χ3n) is 4.09. The number of ketones is 1. The van der Waals surface area contributed by atoms with E-state index in [0.29, 0.717) is 17.8 Å². The smallest absolute Gasteiger partial charge is 0.292 e. The summed E-state index contributed by atoms with van der Waals surface area (Å²) in [5.41, 5.74) is 2.80. The summed E-state index contributed by atoms with van der Waals surface area (Å²) in [6.07, 6.45) is 1.82. The van der Waals surface area contributed by atoms with Crippen LogP contribution in [0.3, 0.4) is 0 Å². The number of carbonyl (C=O) groups excluding carboxylic acids is 2. The second-order valence-corrected chi connectivity index (χ2v) is 6.78. The summed E-state index contributed by atoms with van der Waals surface area (Å²) >= 11 is 3.42. The van der Waals surface area contributed by atoms with Gasteiger partial charge in [-0.15, -0.1) is 0 Å². The Morgan fingerprint density at radius 2 is 1.80 bits per heavy atom. The normalized spacial score (nSPS) is 10.8. The van der Waals surface area contributed by atoms with Crippen molar-refractivity contribution in [2.24, 2.45) is 0 Å². The molecule has 25 heavy (non-hydrogen) atoms. The Morgan fingerprint density at radius 1 is 1.08 bits per heavy atom. The van der Waals surface area contributed by atoms with Crippen LogP contribution in [0.5, 0.6) is 0 Å². The predicted octanol–water partition coefficient (Wildman–Crippen LogP) is 4.70. The number of fused-ring (bicyclic) bond motifs is 1. The van der Waals surface area contributed by atoms with Gasteiger partial charge in [0.1, 0.15) is 0 Å². The molecule has 0 saturated heterocycles. The minimum Gasteiger partial charge on any atom is -0.354 e. The van der Waals surface area contributed by atoms with E-state index in [1.165, 1.54) is 0 Å². The third-order valence-corrected chi connectivity index (χ3v) is 4.62. The van der Waals surface area contributed by atoms with E-state index in [2.05, 4.69) is 26.2 Å². The lowest BCUT2D eigenvalue weighted by Crippen LogP contribution is -2.31. The molecule has 0 aliphatic rings. The van der Waals surface area contributed by atoms with Gasteiger partial charge in [0.05, 0.1) is 11.3 Å². The van der Waals surface area contributed by atoms with Gasteiger partial charge in [0, 0.05) is 21.9 Å². The third kappa shape index (κ3) is 3.66. The molecule has 3 rings (SSSR count). The van der Waals surface area contributed by atoms with Gasteiger partial charge in [-0.2, -0.15) is 0 Å². The predicted molar refractivity (Wildman–Crippen MR) is 104 cm³/mol. The van der Waals surface area contributed by atoms with Crippen molar-refractivity contribution in [2.45, 2.75) is 19.8 Å². The molecular weight excluding hydrogens is 380 g/mol. The van der Waals surface area contributed by atoms with Crippen LogP contribution in [-0.2, 0) is 4.79 Å². The number of halogens is 1. The largest absolute Gasteiger partial charge is 0.354 e. The van der Waals surface area contributed by atoms with Crippen LogP contribution in [-0.4, -0.2) is 23.2 Å². The number of amides is 1. The second-order valence-electron chi connectivity index (χ2n) is 5.87. The standard InChI is InChI=1S/C20H19BrN2O2/c1-2-3-12-22-20(25)19(24)17-15-6-4-5-7-16(15)23-18(17)13-8-10-14(21)11-9-13/h4-11,23H,2-3,12H2,1H3,(H,22,25). The molecule has 1 heterocycles. The maximum Gasteiger partial charge on any atom is 0.292 e. The number of H-pyrrole nitrogens is 1. The molecule has 0 spiro atoms. The first-order valence-corrected chi connectivity index (χ1v) is 9.10. The van der Waals surface area contributed by atoms with Crippen LogP contribution in [0.1, 0.15) is 30.1 Å². The van der Waals surface area contributed by atoms with E-state index in [1.54, 1.807) is 0 Å². The Bertz CT molecular complexity index is 913. The molecule has 4 nitrogen and oxygen atoms in total. The van der Waals surface area contributed by atoms with Gasteiger partial charge in [-0.05, 0) is 30.2 Å². The quantitative estimate of drug-likeness (QED) is 0.359. The molecule has 0 unspecified atom stereocenters. The zero-order valence-corrected chi connectivity index (χ0v) is 15.5. The highest BCUT2D eigenvalue weighted by Crippen LogP contribution is 2.31. The SMILES string of the molecule is CCCCNC(=O)C(=O)c1c(-c2ccc(Br)cc2)[nH]c2ccccc12. The maximum absolute atomic E-state index is 12.8. The fraction of sp³-hybridized carbons (Fsp3) is 0.200. The average molecular weight is 399 g/mol. The molecule has 0 radical (unpaired) electrons. The molecule has 0 atom stereocenters. The minimum absolute atomic E-state index is 0.423. The number of aromatic nitrogens is 1. The fourth-order valence-electron chi connectivity index (χ4n) is 2.78. The average Bonchev–Trinajstić information content (AvgIpc) is 3.01. The Morgan fingerprint density at radius 3 is 2.52 bits per heavy atom. The van der Waals surface area contributed by atoms with E-state index >= 15 is 0 Å². The number of unbranched alkanes of at least 4 members (excludes halogenated alkanes) is 1. The second kappa shape index (κ2) is 7.66. The number of Topliss-reactive ketones (excluding diaryl/α,β-unsaturated/α-hetero) is 1. The zero-order chi connectivity index (χ0) is 17.8. The number of rotatable bonds is 6. The van der Waals surface area contributed by atoms with Crippen molar-refractivity contribution < 1.29 is 9.59 Å². The number of hydrogen-bond acceptors (Lipinski definition) is 2. The van der Waals surface area contributed by atoms with E-state index in [1.807, 2.05) is 55.5 Å². The molecule has 5 heteroatoms. The van der Waals surface area contributed by atoms with Crippen LogP contribution in [0.4, 0.5) is 0 Å². The zero-order valence-electron chi connectivity index (χ0n) is 13.9. The van der Waals surface area contributed by atoms with Gasteiger partial charge in [-0.1, -0.05) is 59.6 Å². The Labute approximate surface area is 154 Å². The van der Waals surface area contributed by atoms with Gasteiger partial charge < -0.3 is 10.3 Å². The first-order chi connectivity index (χ1) is 12.1. The number of benzene rings is 2. The first kappa shape index (κ1) is 17.4. The summed E-state index contributed by atoms with van der Waals surface area (Å²) in [6.45, 7) is 2.55. The minimum atomic E-state index is -0.559. The molecule has 0 fully saturated rings. The Kier molecular flexibility index (Phi) is 5.34. The van der Waals surface area contributed by atoms with Crippen LogP contribution in [0, 0.1) is 0 Å². The van der Waals surface area contributed by atoms with Gasteiger partial charge in [0.25, 0.3) is 11.7 Å². The van der Waals surface area contributed by atoms with Crippen molar-refractivity contribution in [1.29, 1.82) is 0 Å². The van der Waals surface area contributed by atoms with E-state index < -0.39 is 11.7 Å². The van der Waals surface area contributed by atoms with Crippen LogP contribution in [0.15, 0.2) is 53.0 Å². The van der Waals surface area contributed by atoms with Crippen LogP contribution >= 0.6 is 15.9 Å². The van der Waals surface area contributed by atoms with E-state index in [-0.39, 0.29) is 0 Å². The van der Waals surface area contributed by atoms with Crippen LogP contribution in [0.25, 0.3) is 22.2 Å². The lowest BCUT2D eigenvalue weighted by molar-refractivity contribution is -0.117. The number of para-hydroxylation sites is 1. The molecule has 0 aliphatic heterocycles. The van der Waals surface area contributed by atoms with Crippen molar-refractivity contribution in [2.75, 3.05) is 6.54 Å². The summed E-state index contributed by atoms with van der Waals surface area (Å²) in [5, 5.41) is 3.47. The Balaban J connectivity index is 2.06. The summed E-state index contributed by atoms with van der Waals surface area (Å²) < 4.78 is 0.956. The summed E-state index contributed by atoms with van der Waals surface area (Å²) in [5.74, 6) is -1.07. The van der Waals surface area contributed by atoms with Crippen molar-refractivity contribution in [3.8, 4) is 11.3 Å². The molecule has 0 bridgehead atoms. The molecule has 128 valence electrons. The Hall–Kier alpha value is -2.40.